The van der Waals surface area contributed by atoms with Gasteiger partial charge in [-0.3, -0.25) is 0 Å². The standard InChI is InChI=1S/C13H15NO3S2/c1-10-5-2-3-6-11(10)12(15)9-14-19(16,17)13-7-4-8-18-13/h2-8,12,14-15H,9H2,1H3. The molecule has 1 atom stereocenters. The number of hydrogen-bond donors (Lipinski definition) is 2. The third-order valence-electron chi connectivity index (χ3n) is 2.77. The summed E-state index contributed by atoms with van der Waals surface area (Å²) in [6.07, 6.45) is -0.851. The van der Waals surface area contributed by atoms with Crippen LogP contribution in [-0.2, 0) is 10.0 Å². The number of aliphatic hydroxyl groups is 1. The van der Waals surface area contributed by atoms with E-state index in [-0.39, 0.29) is 10.8 Å². The van der Waals surface area contributed by atoms with Crippen LogP contribution in [0.5, 0.6) is 0 Å². The number of thiophene rings is 1. The third kappa shape index (κ3) is 3.42. The molecule has 0 bridgehead atoms. The number of sulfonamides is 1. The van der Waals surface area contributed by atoms with E-state index in [1.54, 1.807) is 17.5 Å². The van der Waals surface area contributed by atoms with Crippen LogP contribution in [0, 0.1) is 6.92 Å². The first-order chi connectivity index (χ1) is 9.00. The molecule has 19 heavy (non-hydrogen) atoms. The van der Waals surface area contributed by atoms with Gasteiger partial charge in [-0.15, -0.1) is 11.3 Å². The average Bonchev–Trinajstić information content (AvgIpc) is 2.91. The summed E-state index contributed by atoms with van der Waals surface area (Å²) in [5, 5.41) is 11.7. The first-order valence-electron chi connectivity index (χ1n) is 5.77. The highest BCUT2D eigenvalue weighted by Gasteiger charge is 2.18. The molecule has 102 valence electrons. The maximum atomic E-state index is 11.9. The van der Waals surface area contributed by atoms with Crippen LogP contribution >= 0.6 is 11.3 Å². The molecule has 0 saturated heterocycles. The van der Waals surface area contributed by atoms with Gasteiger partial charge in [0.2, 0.25) is 10.0 Å². The van der Waals surface area contributed by atoms with E-state index in [2.05, 4.69) is 4.72 Å². The van der Waals surface area contributed by atoms with E-state index in [0.29, 0.717) is 0 Å². The van der Waals surface area contributed by atoms with Crippen molar-refractivity contribution in [3.05, 3.63) is 52.9 Å². The zero-order chi connectivity index (χ0) is 13.9. The van der Waals surface area contributed by atoms with Gasteiger partial charge in [-0.25, -0.2) is 13.1 Å². The number of aliphatic hydroxyl groups excluding tert-OH is 1. The second-order valence-corrected chi connectivity index (χ2v) is 7.10. The Hall–Kier alpha value is -1.21. The van der Waals surface area contributed by atoms with E-state index in [1.165, 1.54) is 6.07 Å². The molecular weight excluding hydrogens is 282 g/mol. The van der Waals surface area contributed by atoms with Crippen LogP contribution < -0.4 is 4.72 Å². The molecule has 0 saturated carbocycles. The number of rotatable bonds is 5. The highest BCUT2D eigenvalue weighted by molar-refractivity contribution is 7.91. The fourth-order valence-electron chi connectivity index (χ4n) is 1.75. The fourth-order valence-corrected chi connectivity index (χ4v) is 3.82. The van der Waals surface area contributed by atoms with E-state index >= 15 is 0 Å². The van der Waals surface area contributed by atoms with Crippen LogP contribution in [0.2, 0.25) is 0 Å². The first kappa shape index (κ1) is 14.2. The quantitative estimate of drug-likeness (QED) is 0.888. The monoisotopic (exact) mass is 297 g/mol. The van der Waals surface area contributed by atoms with Crippen molar-refractivity contribution >= 4 is 21.4 Å². The molecule has 1 unspecified atom stereocenters. The molecule has 6 heteroatoms. The van der Waals surface area contributed by atoms with Crippen molar-refractivity contribution in [2.24, 2.45) is 0 Å². The molecule has 4 nitrogen and oxygen atoms in total. The lowest BCUT2D eigenvalue weighted by Crippen LogP contribution is -2.28. The van der Waals surface area contributed by atoms with Crippen molar-refractivity contribution in [1.82, 2.24) is 4.72 Å². The molecule has 0 aliphatic carbocycles. The second-order valence-electron chi connectivity index (χ2n) is 4.16. The molecule has 2 aromatic rings. The van der Waals surface area contributed by atoms with Gasteiger partial charge >= 0.3 is 0 Å². The first-order valence-corrected chi connectivity index (χ1v) is 8.14. The second kappa shape index (κ2) is 5.83. The predicted octanol–water partition coefficient (Wildman–Crippen LogP) is 2.07. The minimum atomic E-state index is -3.52. The summed E-state index contributed by atoms with van der Waals surface area (Å²) in [5.74, 6) is 0. The molecule has 2 rings (SSSR count). The van der Waals surface area contributed by atoms with Crippen molar-refractivity contribution in [2.75, 3.05) is 6.54 Å². The highest BCUT2D eigenvalue weighted by Crippen LogP contribution is 2.19. The maximum absolute atomic E-state index is 11.9. The van der Waals surface area contributed by atoms with Gasteiger partial charge in [-0.1, -0.05) is 30.3 Å². The molecular formula is C13H15NO3S2. The molecule has 1 heterocycles. The summed E-state index contributed by atoms with van der Waals surface area (Å²) in [6.45, 7) is 1.84. The van der Waals surface area contributed by atoms with Crippen LogP contribution in [-0.4, -0.2) is 20.1 Å². The Bertz CT molecular complexity index is 636. The average molecular weight is 297 g/mol. The van der Waals surface area contributed by atoms with Crippen LogP contribution in [0.25, 0.3) is 0 Å². The van der Waals surface area contributed by atoms with Gasteiger partial charge in [-0.2, -0.15) is 0 Å². The Morgan fingerprint density at radius 1 is 1.26 bits per heavy atom. The summed E-state index contributed by atoms with van der Waals surface area (Å²) in [5.41, 5.74) is 1.67. The van der Waals surface area contributed by atoms with Gasteiger partial charge in [0.25, 0.3) is 0 Å². The van der Waals surface area contributed by atoms with Gasteiger partial charge < -0.3 is 5.11 Å². The lowest BCUT2D eigenvalue weighted by Gasteiger charge is -2.14. The number of aryl methyl sites for hydroxylation is 1. The normalized spacial score (nSPS) is 13.4. The molecule has 1 aromatic carbocycles. The largest absolute Gasteiger partial charge is 0.387 e. The molecule has 1 aromatic heterocycles. The zero-order valence-electron chi connectivity index (χ0n) is 10.4. The molecule has 0 aliphatic rings. The van der Waals surface area contributed by atoms with Crippen LogP contribution in [0.3, 0.4) is 0 Å². The van der Waals surface area contributed by atoms with Crippen molar-refractivity contribution in [1.29, 1.82) is 0 Å². The van der Waals surface area contributed by atoms with Gasteiger partial charge in [-0.05, 0) is 29.5 Å². The number of hydrogen-bond acceptors (Lipinski definition) is 4. The van der Waals surface area contributed by atoms with Crippen molar-refractivity contribution in [3.63, 3.8) is 0 Å². The molecule has 0 fully saturated rings. The summed E-state index contributed by atoms with van der Waals surface area (Å²) in [4.78, 5) is 0. The Kier molecular flexibility index (Phi) is 4.36. The van der Waals surface area contributed by atoms with Gasteiger partial charge in [0.05, 0.1) is 6.10 Å². The predicted molar refractivity (Wildman–Crippen MR) is 75.6 cm³/mol. The van der Waals surface area contributed by atoms with E-state index in [1.807, 2.05) is 25.1 Å². The third-order valence-corrected chi connectivity index (χ3v) is 5.60. The molecule has 0 spiro atoms. The van der Waals surface area contributed by atoms with Crippen molar-refractivity contribution in [3.8, 4) is 0 Å². The van der Waals surface area contributed by atoms with Crippen molar-refractivity contribution < 1.29 is 13.5 Å². The number of benzene rings is 1. The van der Waals surface area contributed by atoms with Crippen LogP contribution in [0.15, 0.2) is 46.0 Å². The summed E-state index contributed by atoms with van der Waals surface area (Å²) in [7, 11) is -3.52. The fraction of sp³-hybridized carbons (Fsp3) is 0.231. The van der Waals surface area contributed by atoms with Gasteiger partial charge in [0.1, 0.15) is 4.21 Å². The highest BCUT2D eigenvalue weighted by atomic mass is 32.2. The van der Waals surface area contributed by atoms with E-state index in [0.717, 1.165) is 22.5 Å². The van der Waals surface area contributed by atoms with Crippen molar-refractivity contribution in [2.45, 2.75) is 17.2 Å². The topological polar surface area (TPSA) is 66.4 Å². The molecule has 0 aliphatic heterocycles. The summed E-state index contributed by atoms with van der Waals surface area (Å²) < 4.78 is 26.5. The minimum Gasteiger partial charge on any atom is -0.387 e. The van der Waals surface area contributed by atoms with Crippen LogP contribution in [0.4, 0.5) is 0 Å². The molecule has 0 radical (unpaired) electrons. The Morgan fingerprint density at radius 3 is 2.63 bits per heavy atom. The minimum absolute atomic E-state index is 0.0366. The Balaban J connectivity index is 2.06. The van der Waals surface area contributed by atoms with Crippen LogP contribution in [0.1, 0.15) is 17.2 Å². The Labute approximate surface area is 116 Å². The van der Waals surface area contributed by atoms with E-state index in [9.17, 15) is 13.5 Å². The molecule has 2 N–H and O–H groups in total. The van der Waals surface area contributed by atoms with E-state index in [4.69, 9.17) is 0 Å². The number of nitrogens with one attached hydrogen (secondary N) is 1. The summed E-state index contributed by atoms with van der Waals surface area (Å²) in [6, 6.07) is 10.6. The smallest absolute Gasteiger partial charge is 0.250 e. The van der Waals surface area contributed by atoms with Gasteiger partial charge in [0.15, 0.2) is 0 Å². The lowest BCUT2D eigenvalue weighted by molar-refractivity contribution is 0.181. The van der Waals surface area contributed by atoms with E-state index < -0.39 is 16.1 Å². The van der Waals surface area contributed by atoms with Gasteiger partial charge in [0, 0.05) is 6.54 Å². The molecule has 0 amide bonds. The maximum Gasteiger partial charge on any atom is 0.250 e. The zero-order valence-corrected chi connectivity index (χ0v) is 12.0. The Morgan fingerprint density at radius 2 is 2.00 bits per heavy atom. The summed E-state index contributed by atoms with van der Waals surface area (Å²) >= 11 is 1.15. The lowest BCUT2D eigenvalue weighted by atomic mass is 10.0. The SMILES string of the molecule is Cc1ccccc1C(O)CNS(=O)(=O)c1cccs1.